The normalized spacial score (nSPS) is 19.8. The van der Waals surface area contributed by atoms with Crippen molar-refractivity contribution in [1.29, 1.82) is 0 Å². The van der Waals surface area contributed by atoms with E-state index in [0.717, 1.165) is 60.2 Å². The fourth-order valence-electron chi connectivity index (χ4n) is 5.50. The lowest BCUT2D eigenvalue weighted by Crippen LogP contribution is -2.43. The molecule has 0 spiro atoms. The van der Waals surface area contributed by atoms with Crippen molar-refractivity contribution in [3.05, 3.63) is 65.1 Å². The Morgan fingerprint density at radius 1 is 1.09 bits per heavy atom. The minimum absolute atomic E-state index is 0.241. The van der Waals surface area contributed by atoms with Crippen LogP contribution in [0.3, 0.4) is 0 Å². The van der Waals surface area contributed by atoms with Crippen molar-refractivity contribution in [3.8, 4) is 0 Å². The van der Waals surface area contributed by atoms with Crippen LogP contribution in [0.2, 0.25) is 0 Å². The molecule has 33 heavy (non-hydrogen) atoms. The zero-order chi connectivity index (χ0) is 22.7. The van der Waals surface area contributed by atoms with E-state index < -0.39 is 10.2 Å². The third-order valence-corrected chi connectivity index (χ3v) is 9.12. The lowest BCUT2D eigenvalue weighted by Gasteiger charge is -2.29. The van der Waals surface area contributed by atoms with Crippen LogP contribution < -0.4 is 8.61 Å². The van der Waals surface area contributed by atoms with Crippen LogP contribution in [0.4, 0.5) is 15.8 Å². The molecular weight excluding hydrogens is 439 g/mol. The maximum atomic E-state index is 13.5. The Morgan fingerprint density at radius 3 is 2.79 bits per heavy atom. The molecule has 2 aromatic carbocycles. The fourth-order valence-corrected chi connectivity index (χ4v) is 7.24. The van der Waals surface area contributed by atoms with E-state index in [9.17, 15) is 12.8 Å². The maximum absolute atomic E-state index is 13.5. The third-order valence-electron chi connectivity index (χ3n) is 7.26. The van der Waals surface area contributed by atoms with Crippen LogP contribution in [0.1, 0.15) is 29.5 Å². The van der Waals surface area contributed by atoms with Gasteiger partial charge in [-0.05, 0) is 67.2 Å². The molecule has 0 radical (unpaired) electrons. The number of hydrogen-bond acceptors (Lipinski definition) is 3. The molecule has 1 N–H and O–H groups in total. The molecule has 0 atom stereocenters. The number of aryl methyl sites for hydroxylation is 1. The van der Waals surface area contributed by atoms with Crippen molar-refractivity contribution in [3.63, 3.8) is 0 Å². The van der Waals surface area contributed by atoms with E-state index in [2.05, 4.69) is 29.0 Å². The minimum atomic E-state index is -3.51. The summed E-state index contributed by atoms with van der Waals surface area (Å²) in [5, 5.41) is 1.03. The van der Waals surface area contributed by atoms with Crippen molar-refractivity contribution in [2.75, 3.05) is 41.3 Å². The van der Waals surface area contributed by atoms with E-state index in [4.69, 9.17) is 0 Å². The van der Waals surface area contributed by atoms with E-state index in [-0.39, 0.29) is 5.82 Å². The molecular formula is C25H27FN4O2S. The van der Waals surface area contributed by atoms with Crippen LogP contribution in [-0.2, 0) is 16.6 Å². The average molecular weight is 467 g/mol. The van der Waals surface area contributed by atoms with Gasteiger partial charge in [0.15, 0.2) is 0 Å². The van der Waals surface area contributed by atoms with Crippen LogP contribution >= 0.6 is 0 Å². The average Bonchev–Trinajstić information content (AvgIpc) is 3.32. The van der Waals surface area contributed by atoms with E-state index >= 15 is 0 Å². The molecule has 6 rings (SSSR count). The Bertz CT molecular complexity index is 1390. The minimum Gasteiger partial charge on any atom is -0.360 e. The van der Waals surface area contributed by atoms with Gasteiger partial charge in [0.2, 0.25) is 0 Å². The summed E-state index contributed by atoms with van der Waals surface area (Å²) >= 11 is 0. The Balaban J connectivity index is 1.19. The first kappa shape index (κ1) is 20.7. The van der Waals surface area contributed by atoms with E-state index in [1.165, 1.54) is 28.8 Å². The zero-order valence-corrected chi connectivity index (χ0v) is 19.5. The Morgan fingerprint density at radius 2 is 1.97 bits per heavy atom. The molecule has 0 aliphatic carbocycles. The number of hydrogen-bond donors (Lipinski definition) is 1. The highest BCUT2D eigenvalue weighted by Gasteiger charge is 2.43. The molecule has 3 aliphatic heterocycles. The van der Waals surface area contributed by atoms with Gasteiger partial charge in [0, 0.05) is 55.4 Å². The van der Waals surface area contributed by atoms with Crippen molar-refractivity contribution >= 4 is 38.1 Å². The number of fused-ring (bicyclic) bond motifs is 1. The highest BCUT2D eigenvalue weighted by atomic mass is 32.2. The largest absolute Gasteiger partial charge is 0.360 e. The number of aromatic nitrogens is 1. The highest BCUT2D eigenvalue weighted by molar-refractivity contribution is 7.94. The number of nitrogens with one attached hydrogen (secondary N) is 1. The molecule has 6 nitrogen and oxygen atoms in total. The molecule has 172 valence electrons. The number of rotatable bonds is 4. The van der Waals surface area contributed by atoms with Crippen molar-refractivity contribution in [1.82, 2.24) is 9.88 Å². The second-order valence-electron chi connectivity index (χ2n) is 9.16. The predicted octanol–water partition coefficient (Wildman–Crippen LogP) is 4.22. The molecule has 4 heterocycles. The summed E-state index contributed by atoms with van der Waals surface area (Å²) in [6, 6.07) is 8.86. The predicted molar refractivity (Wildman–Crippen MR) is 130 cm³/mol. The summed E-state index contributed by atoms with van der Waals surface area (Å²) in [4.78, 5) is 5.47. The fraction of sp³-hybridized carbons (Fsp3) is 0.360. The van der Waals surface area contributed by atoms with E-state index in [1.807, 2.05) is 18.3 Å². The number of halogens is 1. The van der Waals surface area contributed by atoms with Gasteiger partial charge in [-0.25, -0.2) is 8.70 Å². The topological polar surface area (TPSA) is 59.7 Å². The Labute approximate surface area is 193 Å². The molecule has 0 fully saturated rings. The van der Waals surface area contributed by atoms with Crippen molar-refractivity contribution < 1.29 is 12.8 Å². The number of H-pyrrole nitrogens is 1. The zero-order valence-electron chi connectivity index (χ0n) is 18.6. The molecule has 0 bridgehead atoms. The van der Waals surface area contributed by atoms with E-state index in [1.54, 1.807) is 8.61 Å². The first-order valence-corrected chi connectivity index (χ1v) is 12.9. The lowest BCUT2D eigenvalue weighted by molar-refractivity contribution is 0.311. The van der Waals surface area contributed by atoms with Gasteiger partial charge in [-0.3, -0.25) is 9.21 Å². The molecule has 0 saturated heterocycles. The summed E-state index contributed by atoms with van der Waals surface area (Å²) in [6.07, 6.45) is 6.85. The van der Waals surface area contributed by atoms with Gasteiger partial charge in [0.1, 0.15) is 5.82 Å². The monoisotopic (exact) mass is 466 g/mol. The van der Waals surface area contributed by atoms with Gasteiger partial charge in [0.05, 0.1) is 11.4 Å². The first-order chi connectivity index (χ1) is 15.9. The molecule has 8 heteroatoms. The van der Waals surface area contributed by atoms with Gasteiger partial charge >= 0.3 is 10.2 Å². The van der Waals surface area contributed by atoms with Crippen LogP contribution in [0.5, 0.6) is 0 Å². The number of anilines is 2. The Kier molecular flexibility index (Phi) is 4.78. The molecule has 1 aromatic heterocycles. The van der Waals surface area contributed by atoms with Gasteiger partial charge in [-0.1, -0.05) is 12.1 Å². The molecule has 3 aromatic rings. The second-order valence-corrected chi connectivity index (χ2v) is 10.9. The summed E-state index contributed by atoms with van der Waals surface area (Å²) in [6.45, 7) is 5.39. The van der Waals surface area contributed by atoms with Crippen molar-refractivity contribution in [2.24, 2.45) is 0 Å². The highest BCUT2D eigenvalue weighted by Crippen LogP contribution is 2.46. The van der Waals surface area contributed by atoms with E-state index in [0.29, 0.717) is 19.6 Å². The third kappa shape index (κ3) is 3.27. The maximum Gasteiger partial charge on any atom is 0.326 e. The second kappa shape index (κ2) is 7.60. The van der Waals surface area contributed by atoms with Crippen LogP contribution in [0.25, 0.3) is 16.5 Å². The van der Waals surface area contributed by atoms with Gasteiger partial charge in [-0.2, -0.15) is 8.42 Å². The molecule has 3 aliphatic rings. The van der Waals surface area contributed by atoms with Crippen LogP contribution in [0.15, 0.2) is 42.6 Å². The summed E-state index contributed by atoms with van der Waals surface area (Å²) in [7, 11) is -3.51. The number of benzene rings is 2. The van der Waals surface area contributed by atoms with Gasteiger partial charge < -0.3 is 4.98 Å². The van der Waals surface area contributed by atoms with Crippen molar-refractivity contribution in [2.45, 2.75) is 26.2 Å². The smallest absolute Gasteiger partial charge is 0.326 e. The molecule has 0 unspecified atom stereocenters. The first-order valence-electron chi connectivity index (χ1n) is 11.5. The lowest BCUT2D eigenvalue weighted by atomic mass is 9.97. The SMILES string of the molecule is Cc1ccc2c3c1CCCN3S(=O)(=O)N2CCN1CC=C(c2c[nH]c3cc(F)ccc23)CC1. The molecule has 0 saturated carbocycles. The quantitative estimate of drug-likeness (QED) is 0.626. The Hall–Kier alpha value is -2.84. The van der Waals surface area contributed by atoms with Gasteiger partial charge in [-0.15, -0.1) is 0 Å². The molecule has 0 amide bonds. The number of aromatic amines is 1. The number of nitrogens with zero attached hydrogens (tertiary/aromatic N) is 3. The summed E-state index contributed by atoms with van der Waals surface area (Å²) in [5.74, 6) is -0.241. The summed E-state index contributed by atoms with van der Waals surface area (Å²) < 4.78 is 43.3. The van der Waals surface area contributed by atoms with Crippen LogP contribution in [-0.4, -0.2) is 51.0 Å². The van der Waals surface area contributed by atoms with Gasteiger partial charge in [0.25, 0.3) is 0 Å². The van der Waals surface area contributed by atoms with Crippen LogP contribution in [0, 0.1) is 12.7 Å². The standard InChI is InChI=1S/C25H27FN4O2S/c1-17-4-7-24-25-20(17)3-2-10-30(25)33(31,32)29(24)14-13-28-11-8-18(9-12-28)22-16-27-23-15-19(26)5-6-21(22)23/h4-8,15-16,27H,2-3,9-14H2,1H3. The summed E-state index contributed by atoms with van der Waals surface area (Å²) in [5.41, 5.74) is 7.26.